The molecule has 3 heterocycles. The number of pyridine rings is 1. The number of hydrogen-bond acceptors (Lipinski definition) is 3. The summed E-state index contributed by atoms with van der Waals surface area (Å²) in [6.45, 7) is 5.02. The van der Waals surface area contributed by atoms with E-state index in [1.165, 1.54) is 16.7 Å². The molecule has 1 amide bonds. The maximum absolute atomic E-state index is 12.7. The van der Waals surface area contributed by atoms with Gasteiger partial charge in [0, 0.05) is 51.5 Å². The van der Waals surface area contributed by atoms with Gasteiger partial charge in [-0.2, -0.15) is 0 Å². The SMILES string of the molecule is O=C(CCc1cccnc1)N1C[C@H]2CN(Cc3ccc(-c4ccccc4)cc3)C[C@H]2C1. The van der Waals surface area contributed by atoms with E-state index in [0.29, 0.717) is 24.2 Å². The molecule has 2 aliphatic rings. The number of amides is 1. The number of benzene rings is 2. The molecule has 0 unspecified atom stereocenters. The maximum atomic E-state index is 12.7. The highest BCUT2D eigenvalue weighted by Crippen LogP contribution is 2.32. The lowest BCUT2D eigenvalue weighted by Gasteiger charge is -2.22. The van der Waals surface area contributed by atoms with E-state index in [1.807, 2.05) is 18.3 Å². The predicted octanol–water partition coefficient (Wildman–Crippen LogP) is 4.27. The van der Waals surface area contributed by atoms with Gasteiger partial charge < -0.3 is 4.90 Å². The summed E-state index contributed by atoms with van der Waals surface area (Å²) in [6, 6.07) is 23.5. The van der Waals surface area contributed by atoms with Crippen LogP contribution in [0.3, 0.4) is 0 Å². The van der Waals surface area contributed by atoms with Gasteiger partial charge in [-0.15, -0.1) is 0 Å². The lowest BCUT2D eigenvalue weighted by Crippen LogP contribution is -2.33. The number of aryl methyl sites for hydroxylation is 1. The van der Waals surface area contributed by atoms with Crippen LogP contribution >= 0.6 is 0 Å². The summed E-state index contributed by atoms with van der Waals surface area (Å²) in [5.41, 5.74) is 5.03. The second-order valence-corrected chi connectivity index (χ2v) is 8.94. The normalized spacial score (nSPS) is 20.7. The lowest BCUT2D eigenvalue weighted by atomic mass is 10.0. The van der Waals surface area contributed by atoms with Crippen molar-refractivity contribution in [3.05, 3.63) is 90.3 Å². The first-order valence-electron chi connectivity index (χ1n) is 11.3. The lowest BCUT2D eigenvalue weighted by molar-refractivity contribution is -0.130. The van der Waals surface area contributed by atoms with E-state index in [1.54, 1.807) is 6.20 Å². The van der Waals surface area contributed by atoms with Crippen molar-refractivity contribution in [1.82, 2.24) is 14.8 Å². The second-order valence-electron chi connectivity index (χ2n) is 8.94. The molecular weight excluding hydrogens is 382 g/mol. The third kappa shape index (κ3) is 4.70. The molecule has 2 aliphatic heterocycles. The molecule has 0 radical (unpaired) electrons. The Bertz CT molecular complexity index is 990. The first kappa shape index (κ1) is 20.0. The number of fused-ring (bicyclic) bond motifs is 1. The fourth-order valence-corrected chi connectivity index (χ4v) is 5.07. The number of aromatic nitrogens is 1. The minimum absolute atomic E-state index is 0.293. The van der Waals surface area contributed by atoms with Crippen LogP contribution in [0.5, 0.6) is 0 Å². The smallest absolute Gasteiger partial charge is 0.222 e. The summed E-state index contributed by atoms with van der Waals surface area (Å²) in [6.07, 6.45) is 5.00. The van der Waals surface area contributed by atoms with Gasteiger partial charge in [-0.1, -0.05) is 60.7 Å². The zero-order chi connectivity index (χ0) is 21.0. The van der Waals surface area contributed by atoms with Crippen LogP contribution in [0.25, 0.3) is 11.1 Å². The highest BCUT2D eigenvalue weighted by Gasteiger charge is 2.41. The van der Waals surface area contributed by atoms with E-state index in [4.69, 9.17) is 0 Å². The summed E-state index contributed by atoms with van der Waals surface area (Å²) in [5, 5.41) is 0. The standard InChI is InChI=1S/C27H29N3O/c31-27(13-10-21-5-4-14-28-15-21)30-19-25-17-29(18-26(25)20-30)16-22-8-11-24(12-9-22)23-6-2-1-3-7-23/h1-9,11-12,14-15,25-26H,10,13,16-20H2/t25-,26+. The van der Waals surface area contributed by atoms with Crippen molar-refractivity contribution >= 4 is 5.91 Å². The first-order valence-corrected chi connectivity index (χ1v) is 11.3. The molecule has 2 atom stereocenters. The Labute approximate surface area is 184 Å². The number of rotatable bonds is 6. The number of carbonyl (C=O) groups is 1. The summed E-state index contributed by atoms with van der Waals surface area (Å²) in [4.78, 5) is 21.5. The van der Waals surface area contributed by atoms with Gasteiger partial charge in [0.05, 0.1) is 0 Å². The Balaban J connectivity index is 1.11. The molecule has 0 saturated carbocycles. The Morgan fingerprint density at radius 2 is 1.52 bits per heavy atom. The predicted molar refractivity (Wildman–Crippen MR) is 123 cm³/mol. The largest absolute Gasteiger partial charge is 0.342 e. The Kier molecular flexibility index (Phi) is 5.81. The average Bonchev–Trinajstić information content (AvgIpc) is 3.38. The van der Waals surface area contributed by atoms with Crippen molar-refractivity contribution in [3.63, 3.8) is 0 Å². The average molecular weight is 412 g/mol. The highest BCUT2D eigenvalue weighted by molar-refractivity contribution is 5.76. The van der Waals surface area contributed by atoms with Crippen LogP contribution in [0.15, 0.2) is 79.1 Å². The zero-order valence-corrected chi connectivity index (χ0v) is 17.9. The van der Waals surface area contributed by atoms with Gasteiger partial charge in [-0.05, 0) is 46.6 Å². The van der Waals surface area contributed by atoms with Crippen LogP contribution in [-0.2, 0) is 17.8 Å². The first-order chi connectivity index (χ1) is 15.2. The van der Waals surface area contributed by atoms with Gasteiger partial charge in [0.15, 0.2) is 0 Å². The van der Waals surface area contributed by atoms with Crippen LogP contribution in [0.2, 0.25) is 0 Å². The van der Waals surface area contributed by atoms with Gasteiger partial charge in [0.25, 0.3) is 0 Å². The van der Waals surface area contributed by atoms with Crippen molar-refractivity contribution in [2.75, 3.05) is 26.2 Å². The summed E-state index contributed by atoms with van der Waals surface area (Å²) < 4.78 is 0. The van der Waals surface area contributed by atoms with Crippen LogP contribution in [0.1, 0.15) is 17.5 Å². The molecule has 31 heavy (non-hydrogen) atoms. The quantitative estimate of drug-likeness (QED) is 0.608. The summed E-state index contributed by atoms with van der Waals surface area (Å²) in [7, 11) is 0. The van der Waals surface area contributed by atoms with Crippen LogP contribution < -0.4 is 0 Å². The Morgan fingerprint density at radius 3 is 2.19 bits per heavy atom. The molecule has 0 spiro atoms. The maximum Gasteiger partial charge on any atom is 0.222 e. The molecule has 0 aliphatic carbocycles. The molecule has 1 aromatic heterocycles. The van der Waals surface area contributed by atoms with E-state index in [0.717, 1.165) is 44.7 Å². The minimum atomic E-state index is 0.293. The number of likely N-dealkylation sites (tertiary alicyclic amines) is 2. The third-order valence-electron chi connectivity index (χ3n) is 6.73. The molecule has 4 heteroatoms. The molecule has 0 bridgehead atoms. The van der Waals surface area contributed by atoms with Crippen molar-refractivity contribution in [1.29, 1.82) is 0 Å². The Morgan fingerprint density at radius 1 is 0.806 bits per heavy atom. The molecule has 4 nitrogen and oxygen atoms in total. The van der Waals surface area contributed by atoms with Gasteiger partial charge >= 0.3 is 0 Å². The number of nitrogens with zero attached hydrogens (tertiary/aromatic N) is 3. The fourth-order valence-electron chi connectivity index (χ4n) is 5.07. The third-order valence-corrected chi connectivity index (χ3v) is 6.73. The topological polar surface area (TPSA) is 36.4 Å². The van der Waals surface area contributed by atoms with E-state index in [9.17, 15) is 4.79 Å². The van der Waals surface area contributed by atoms with Gasteiger partial charge in [0.1, 0.15) is 0 Å². The minimum Gasteiger partial charge on any atom is -0.342 e. The molecule has 2 saturated heterocycles. The number of carbonyl (C=O) groups excluding carboxylic acids is 1. The number of hydrogen-bond donors (Lipinski definition) is 0. The van der Waals surface area contributed by atoms with Crippen molar-refractivity contribution < 1.29 is 4.79 Å². The molecular formula is C27H29N3O. The van der Waals surface area contributed by atoms with E-state index < -0.39 is 0 Å². The molecule has 5 rings (SSSR count). The van der Waals surface area contributed by atoms with Gasteiger partial charge in [-0.25, -0.2) is 0 Å². The molecule has 0 N–H and O–H groups in total. The molecule has 2 fully saturated rings. The van der Waals surface area contributed by atoms with Crippen molar-refractivity contribution in [2.45, 2.75) is 19.4 Å². The summed E-state index contributed by atoms with van der Waals surface area (Å²) in [5.74, 6) is 1.53. The van der Waals surface area contributed by atoms with E-state index in [-0.39, 0.29) is 0 Å². The zero-order valence-electron chi connectivity index (χ0n) is 17.9. The van der Waals surface area contributed by atoms with Crippen molar-refractivity contribution in [3.8, 4) is 11.1 Å². The fraction of sp³-hybridized carbons (Fsp3) is 0.333. The van der Waals surface area contributed by atoms with Crippen LogP contribution in [0, 0.1) is 11.8 Å². The van der Waals surface area contributed by atoms with E-state index >= 15 is 0 Å². The summed E-state index contributed by atoms with van der Waals surface area (Å²) >= 11 is 0. The second kappa shape index (κ2) is 9.03. The molecule has 3 aromatic rings. The highest BCUT2D eigenvalue weighted by atomic mass is 16.2. The molecule has 158 valence electrons. The monoisotopic (exact) mass is 411 g/mol. The van der Waals surface area contributed by atoms with Gasteiger partial charge in [-0.3, -0.25) is 14.7 Å². The van der Waals surface area contributed by atoms with Crippen LogP contribution in [-0.4, -0.2) is 46.9 Å². The Hall–Kier alpha value is -2.98. The van der Waals surface area contributed by atoms with Crippen LogP contribution in [0.4, 0.5) is 0 Å². The van der Waals surface area contributed by atoms with Crippen molar-refractivity contribution in [2.24, 2.45) is 11.8 Å². The van der Waals surface area contributed by atoms with E-state index in [2.05, 4.69) is 69.4 Å². The van der Waals surface area contributed by atoms with Gasteiger partial charge in [0.2, 0.25) is 5.91 Å². The molecule has 2 aromatic carbocycles.